The molecule has 1 atom stereocenters. The van der Waals surface area contributed by atoms with Crippen LogP contribution in [0.1, 0.15) is 34.1 Å². The van der Waals surface area contributed by atoms with Crippen LogP contribution in [0.2, 0.25) is 0 Å². The number of aliphatic hydroxyl groups is 1. The van der Waals surface area contributed by atoms with Crippen LogP contribution in [0.15, 0.2) is 0 Å². The summed E-state index contributed by atoms with van der Waals surface area (Å²) in [5, 5.41) is 13.6. The lowest BCUT2D eigenvalue weighted by atomic mass is 10.2. The van der Waals surface area contributed by atoms with E-state index in [9.17, 15) is 9.59 Å². The number of nitrogens with one attached hydrogen (secondary N) is 2. The highest BCUT2D eigenvalue weighted by Crippen LogP contribution is 2.06. The minimum atomic E-state index is -0.663. The molecular formula is C11H22N2O4. The highest BCUT2D eigenvalue weighted by atomic mass is 16.6. The molecular weight excluding hydrogens is 224 g/mol. The molecule has 0 heterocycles. The molecule has 0 aromatic carbocycles. The van der Waals surface area contributed by atoms with Gasteiger partial charge >= 0.3 is 6.09 Å². The zero-order valence-electron chi connectivity index (χ0n) is 10.9. The zero-order chi connectivity index (χ0) is 13.5. The summed E-state index contributed by atoms with van der Waals surface area (Å²) in [6, 6.07) is -0.663. The second kappa shape index (κ2) is 7.11. The summed E-state index contributed by atoms with van der Waals surface area (Å²) in [6.07, 6.45) is -0.132. The van der Waals surface area contributed by atoms with Crippen molar-refractivity contribution in [2.24, 2.45) is 0 Å². The van der Waals surface area contributed by atoms with Crippen molar-refractivity contribution in [2.45, 2.75) is 45.8 Å². The van der Waals surface area contributed by atoms with E-state index in [0.717, 1.165) is 0 Å². The molecule has 0 aliphatic carbocycles. The number of hydrogen-bond acceptors (Lipinski definition) is 4. The quantitative estimate of drug-likeness (QED) is 0.613. The Balaban J connectivity index is 3.95. The number of carbonyl (C=O) groups excluding carboxylic acids is 2. The van der Waals surface area contributed by atoms with Crippen molar-refractivity contribution < 1.29 is 19.4 Å². The Hall–Kier alpha value is -1.30. The van der Waals surface area contributed by atoms with Gasteiger partial charge in [0.15, 0.2) is 0 Å². The van der Waals surface area contributed by atoms with Gasteiger partial charge in [-0.05, 0) is 34.1 Å². The minimum absolute atomic E-state index is 0.0220. The van der Waals surface area contributed by atoms with Gasteiger partial charge in [0.05, 0.1) is 0 Å². The molecule has 0 rings (SSSR count). The Bertz CT molecular complexity index is 261. The summed E-state index contributed by atoms with van der Waals surface area (Å²) in [6.45, 7) is 7.22. The number of aliphatic hydroxyl groups excluding tert-OH is 1. The first-order valence-electron chi connectivity index (χ1n) is 5.64. The van der Waals surface area contributed by atoms with Gasteiger partial charge in [-0.25, -0.2) is 4.79 Å². The third kappa shape index (κ3) is 8.50. The Morgan fingerprint density at radius 2 is 1.94 bits per heavy atom. The lowest BCUT2D eigenvalue weighted by molar-refractivity contribution is -0.122. The molecule has 0 radical (unpaired) electrons. The molecule has 3 N–H and O–H groups in total. The van der Waals surface area contributed by atoms with E-state index in [-0.39, 0.29) is 12.5 Å². The second-order valence-electron chi connectivity index (χ2n) is 4.74. The largest absolute Gasteiger partial charge is 0.444 e. The fraction of sp³-hybridized carbons (Fsp3) is 0.818. The molecule has 0 aliphatic heterocycles. The maximum atomic E-state index is 11.5. The SMILES string of the molecule is C[C@@H](NC(=O)OC(C)(C)C)C(=O)NCCCO. The summed E-state index contributed by atoms with van der Waals surface area (Å²) in [5.74, 6) is -0.302. The van der Waals surface area contributed by atoms with Crippen LogP contribution in [0.5, 0.6) is 0 Å². The molecule has 0 fully saturated rings. The topological polar surface area (TPSA) is 87.7 Å². The van der Waals surface area contributed by atoms with Crippen LogP contribution >= 0.6 is 0 Å². The fourth-order valence-electron chi connectivity index (χ4n) is 0.994. The number of alkyl carbamates (subject to hydrolysis) is 1. The zero-order valence-corrected chi connectivity index (χ0v) is 10.9. The van der Waals surface area contributed by atoms with Crippen LogP contribution in [0.25, 0.3) is 0 Å². The Labute approximate surface area is 102 Å². The molecule has 0 spiro atoms. The lowest BCUT2D eigenvalue weighted by Gasteiger charge is -2.21. The molecule has 0 unspecified atom stereocenters. The van der Waals surface area contributed by atoms with Crippen molar-refractivity contribution in [3.63, 3.8) is 0 Å². The van der Waals surface area contributed by atoms with Crippen LogP contribution in [0.3, 0.4) is 0 Å². The van der Waals surface area contributed by atoms with Crippen molar-refractivity contribution in [1.29, 1.82) is 0 Å². The average molecular weight is 246 g/mol. The molecule has 0 aromatic rings. The van der Waals surface area contributed by atoms with Crippen LogP contribution in [-0.4, -0.2) is 41.9 Å². The standard InChI is InChI=1S/C11H22N2O4/c1-8(9(15)12-6-5-7-14)13-10(16)17-11(2,3)4/h8,14H,5-7H2,1-4H3,(H,12,15)(H,13,16)/t8-/m1/s1. The van der Waals surface area contributed by atoms with E-state index in [1.54, 1.807) is 27.7 Å². The highest BCUT2D eigenvalue weighted by molar-refractivity contribution is 5.85. The van der Waals surface area contributed by atoms with E-state index < -0.39 is 17.7 Å². The number of ether oxygens (including phenoxy) is 1. The van der Waals surface area contributed by atoms with Crippen molar-refractivity contribution in [3.8, 4) is 0 Å². The first kappa shape index (κ1) is 15.7. The normalized spacial score (nSPS) is 12.8. The van der Waals surface area contributed by atoms with Gasteiger partial charge in [-0.3, -0.25) is 4.79 Å². The van der Waals surface area contributed by atoms with E-state index in [0.29, 0.717) is 13.0 Å². The third-order valence-electron chi connectivity index (χ3n) is 1.76. The molecule has 0 saturated carbocycles. The third-order valence-corrected chi connectivity index (χ3v) is 1.76. The Kier molecular flexibility index (Phi) is 6.57. The molecule has 100 valence electrons. The van der Waals surface area contributed by atoms with Crippen LogP contribution in [-0.2, 0) is 9.53 Å². The predicted octanol–water partition coefficient (Wildman–Crippen LogP) is 0.398. The fourth-order valence-corrected chi connectivity index (χ4v) is 0.994. The molecule has 0 saturated heterocycles. The van der Waals surface area contributed by atoms with Crippen molar-refractivity contribution in [1.82, 2.24) is 10.6 Å². The monoisotopic (exact) mass is 246 g/mol. The lowest BCUT2D eigenvalue weighted by Crippen LogP contribution is -2.46. The molecule has 6 nitrogen and oxygen atoms in total. The smallest absolute Gasteiger partial charge is 0.408 e. The Morgan fingerprint density at radius 3 is 2.41 bits per heavy atom. The summed E-state index contributed by atoms with van der Waals surface area (Å²) < 4.78 is 5.01. The van der Waals surface area contributed by atoms with Crippen molar-refractivity contribution in [3.05, 3.63) is 0 Å². The average Bonchev–Trinajstić information content (AvgIpc) is 2.14. The van der Waals surface area contributed by atoms with Gasteiger partial charge in [0, 0.05) is 13.2 Å². The van der Waals surface area contributed by atoms with E-state index in [2.05, 4.69) is 10.6 Å². The van der Waals surface area contributed by atoms with Crippen molar-refractivity contribution in [2.75, 3.05) is 13.2 Å². The maximum absolute atomic E-state index is 11.5. The van der Waals surface area contributed by atoms with Gasteiger partial charge in [-0.1, -0.05) is 0 Å². The van der Waals surface area contributed by atoms with E-state index in [4.69, 9.17) is 9.84 Å². The second-order valence-corrected chi connectivity index (χ2v) is 4.74. The van der Waals surface area contributed by atoms with Crippen LogP contribution in [0, 0.1) is 0 Å². The van der Waals surface area contributed by atoms with Gasteiger partial charge < -0.3 is 20.5 Å². The number of rotatable bonds is 5. The minimum Gasteiger partial charge on any atom is -0.444 e. The molecule has 6 heteroatoms. The predicted molar refractivity (Wildman–Crippen MR) is 63.5 cm³/mol. The molecule has 0 aromatic heterocycles. The molecule has 2 amide bonds. The summed E-state index contributed by atoms with van der Waals surface area (Å²) >= 11 is 0. The first-order valence-corrected chi connectivity index (χ1v) is 5.64. The molecule has 0 aliphatic rings. The molecule has 0 bridgehead atoms. The van der Waals surface area contributed by atoms with Gasteiger partial charge in [-0.15, -0.1) is 0 Å². The van der Waals surface area contributed by atoms with Gasteiger partial charge in [0.1, 0.15) is 11.6 Å². The van der Waals surface area contributed by atoms with Gasteiger partial charge in [0.25, 0.3) is 0 Å². The molecule has 17 heavy (non-hydrogen) atoms. The van der Waals surface area contributed by atoms with Crippen LogP contribution < -0.4 is 10.6 Å². The number of hydrogen-bond donors (Lipinski definition) is 3. The number of carbonyl (C=O) groups is 2. The summed E-state index contributed by atoms with van der Waals surface area (Å²) in [7, 11) is 0. The van der Waals surface area contributed by atoms with Gasteiger partial charge in [-0.2, -0.15) is 0 Å². The Morgan fingerprint density at radius 1 is 1.35 bits per heavy atom. The summed E-state index contributed by atoms with van der Waals surface area (Å²) in [4.78, 5) is 22.8. The van der Waals surface area contributed by atoms with E-state index >= 15 is 0 Å². The van der Waals surface area contributed by atoms with Gasteiger partial charge in [0.2, 0.25) is 5.91 Å². The van der Waals surface area contributed by atoms with E-state index in [1.165, 1.54) is 0 Å². The maximum Gasteiger partial charge on any atom is 0.408 e. The number of amides is 2. The van der Waals surface area contributed by atoms with Crippen LogP contribution in [0.4, 0.5) is 4.79 Å². The first-order chi connectivity index (χ1) is 7.76. The highest BCUT2D eigenvalue weighted by Gasteiger charge is 2.20. The summed E-state index contributed by atoms with van der Waals surface area (Å²) in [5.41, 5.74) is -0.586. The van der Waals surface area contributed by atoms with E-state index in [1.807, 2.05) is 0 Å². The van der Waals surface area contributed by atoms with Crippen molar-refractivity contribution >= 4 is 12.0 Å².